The van der Waals surface area contributed by atoms with Crippen LogP contribution in [0.15, 0.2) is 30.3 Å². The largest absolute Gasteiger partial charge is 0.438 e. The molecule has 0 heterocycles. The fourth-order valence-electron chi connectivity index (χ4n) is 1.72. The van der Waals surface area contributed by atoms with Crippen molar-refractivity contribution in [3.05, 3.63) is 35.9 Å². The summed E-state index contributed by atoms with van der Waals surface area (Å²) in [5, 5.41) is 16.4. The summed E-state index contributed by atoms with van der Waals surface area (Å²) < 4.78 is 106. The van der Waals surface area contributed by atoms with Crippen LogP contribution in [0.25, 0.3) is 6.08 Å². The van der Waals surface area contributed by atoms with Crippen LogP contribution >= 0.6 is 0 Å². The summed E-state index contributed by atoms with van der Waals surface area (Å²) in [6.07, 6.45) is -11.1. The maximum Gasteiger partial charge on any atom is 0.438 e. The number of alkyl halides is 8. The molecular weight excluding hydrogens is 370 g/mol. The lowest BCUT2D eigenvalue weighted by atomic mass is 10.1. The second kappa shape index (κ2) is 6.59. The van der Waals surface area contributed by atoms with Gasteiger partial charge in [-0.15, -0.1) is 0 Å². The van der Waals surface area contributed by atoms with Crippen molar-refractivity contribution < 1.29 is 50.1 Å². The van der Waals surface area contributed by atoms with E-state index in [2.05, 4.69) is 0 Å². The minimum atomic E-state index is -6.27. The molecule has 0 spiro atoms. The molecule has 0 aliphatic rings. The third-order valence-corrected chi connectivity index (χ3v) is 2.82. The number of rotatable bonds is 7. The highest BCUT2D eigenvalue weighted by Crippen LogP contribution is 2.49. The van der Waals surface area contributed by atoms with Crippen molar-refractivity contribution in [2.24, 2.45) is 0 Å². The Balaban J connectivity index is 3.77. The van der Waals surface area contributed by atoms with E-state index in [9.17, 15) is 39.9 Å². The molecule has 0 bridgehead atoms. The Morgan fingerprint density at radius 1 is 0.840 bits per heavy atom. The number of benzene rings is 1. The second-order valence-corrected chi connectivity index (χ2v) is 4.55. The third-order valence-electron chi connectivity index (χ3n) is 2.82. The first kappa shape index (κ1) is 20.8. The van der Waals surface area contributed by atoms with Gasteiger partial charge < -0.3 is 10.2 Å². The average molecular weight is 379 g/mol. The number of allylic oxidation sites excluding steroid dienone is 1. The Morgan fingerprint density at radius 3 is 1.68 bits per heavy atom. The second-order valence-electron chi connectivity index (χ2n) is 4.55. The fraction of sp³-hybridized carbons (Fsp3) is 0.308. The van der Waals surface area contributed by atoms with Crippen LogP contribution < -0.4 is 4.90 Å². The molecule has 140 valence electrons. The van der Waals surface area contributed by atoms with Crippen LogP contribution in [0, 0.1) is 0 Å². The normalized spacial score (nSPS) is 14.0. The number of hydrogen-bond donors (Lipinski definition) is 2. The number of aliphatic hydroxyl groups is 2. The summed E-state index contributed by atoms with van der Waals surface area (Å²) in [6.45, 7) is 0. The molecule has 2 N–H and O–H groups in total. The first-order valence-corrected chi connectivity index (χ1v) is 6.15. The molecule has 0 aliphatic heterocycles. The van der Waals surface area contributed by atoms with E-state index in [1.54, 1.807) is 0 Å². The van der Waals surface area contributed by atoms with Gasteiger partial charge in [0, 0.05) is 0 Å². The third kappa shape index (κ3) is 3.90. The van der Waals surface area contributed by atoms with E-state index in [0.29, 0.717) is 18.2 Å². The van der Waals surface area contributed by atoms with Gasteiger partial charge in [0.25, 0.3) is 0 Å². The average Bonchev–Trinajstić information content (AvgIpc) is 2.43. The molecule has 1 rings (SSSR count). The van der Waals surface area contributed by atoms with Gasteiger partial charge in [-0.25, -0.2) is 4.90 Å². The summed E-state index contributed by atoms with van der Waals surface area (Å²) in [5.41, 5.74) is -2.39. The summed E-state index contributed by atoms with van der Waals surface area (Å²) in [4.78, 5) is 8.15. The smallest absolute Gasteiger partial charge is 0.330 e. The van der Waals surface area contributed by atoms with Crippen molar-refractivity contribution >= 4 is 18.0 Å². The summed E-state index contributed by atoms with van der Waals surface area (Å²) in [5.74, 6) is 0. The highest BCUT2D eigenvalue weighted by atomic mass is 19.3. The van der Waals surface area contributed by atoms with Crippen LogP contribution in [0.1, 0.15) is 5.56 Å². The van der Waals surface area contributed by atoms with Crippen LogP contribution in [-0.2, 0) is 4.79 Å². The molecule has 1 aromatic rings. The number of nitrogens with zero attached hydrogens (tertiary/aromatic N) is 1. The Bertz CT molecular complexity index is 625. The van der Waals surface area contributed by atoms with Crippen molar-refractivity contribution in [1.82, 2.24) is 0 Å². The van der Waals surface area contributed by atoms with Crippen LogP contribution in [-0.4, -0.2) is 40.8 Å². The maximum absolute atomic E-state index is 13.7. The van der Waals surface area contributed by atoms with E-state index in [1.807, 2.05) is 0 Å². The molecule has 12 heteroatoms. The van der Waals surface area contributed by atoms with E-state index >= 15 is 0 Å². The predicted octanol–water partition coefficient (Wildman–Crippen LogP) is 3.06. The van der Waals surface area contributed by atoms with E-state index in [4.69, 9.17) is 10.2 Å². The van der Waals surface area contributed by atoms with Gasteiger partial charge in [-0.05, 0) is 23.8 Å². The monoisotopic (exact) mass is 379 g/mol. The number of carbonyl (C=O) groups excluding carboxylic acids is 1. The van der Waals surface area contributed by atoms with Crippen molar-refractivity contribution in [2.75, 3.05) is 4.90 Å². The van der Waals surface area contributed by atoms with E-state index in [0.717, 1.165) is 18.2 Å². The molecule has 0 saturated carbocycles. The van der Waals surface area contributed by atoms with Crippen LogP contribution in [0.4, 0.5) is 40.8 Å². The van der Waals surface area contributed by atoms with Crippen LogP contribution in [0.2, 0.25) is 0 Å². The van der Waals surface area contributed by atoms with Crippen molar-refractivity contribution in [3.8, 4) is 0 Å². The number of anilines is 1. The molecule has 1 aromatic carbocycles. The lowest BCUT2D eigenvalue weighted by Crippen LogP contribution is -2.66. The summed E-state index contributed by atoms with van der Waals surface area (Å²) >= 11 is 0. The topological polar surface area (TPSA) is 60.8 Å². The molecule has 25 heavy (non-hydrogen) atoms. The van der Waals surface area contributed by atoms with Crippen molar-refractivity contribution in [3.63, 3.8) is 0 Å². The van der Waals surface area contributed by atoms with Gasteiger partial charge in [0.05, 0.1) is 5.69 Å². The molecule has 0 aliphatic carbocycles. The SMILES string of the molecule is O=CC=Cc1ccccc1N(C(F)(F)C(O)(F)F)C(F)(F)C(O)(F)F. The molecular formula is C13H9F8NO3. The Hall–Kier alpha value is -2.21. The minimum absolute atomic E-state index is 0.0682. The Morgan fingerprint density at radius 2 is 1.28 bits per heavy atom. The lowest BCUT2D eigenvalue weighted by Gasteiger charge is -2.41. The number of halogens is 8. The molecule has 4 nitrogen and oxygen atoms in total. The number of carbonyl (C=O) groups is 1. The maximum atomic E-state index is 13.7. The van der Waals surface area contributed by atoms with Gasteiger partial charge in [-0.3, -0.25) is 4.79 Å². The lowest BCUT2D eigenvalue weighted by molar-refractivity contribution is -0.374. The first-order chi connectivity index (χ1) is 11.2. The van der Waals surface area contributed by atoms with Gasteiger partial charge in [-0.1, -0.05) is 18.2 Å². The first-order valence-electron chi connectivity index (χ1n) is 6.15. The Labute approximate surface area is 134 Å². The molecule has 0 radical (unpaired) electrons. The van der Waals surface area contributed by atoms with Crippen LogP contribution in [0.3, 0.4) is 0 Å². The van der Waals surface area contributed by atoms with Gasteiger partial charge in [-0.2, -0.15) is 35.1 Å². The quantitative estimate of drug-likeness (QED) is 0.331. The Kier molecular flexibility index (Phi) is 5.50. The zero-order chi connectivity index (χ0) is 19.7. The molecule has 0 saturated heterocycles. The van der Waals surface area contributed by atoms with E-state index in [-0.39, 0.29) is 6.29 Å². The van der Waals surface area contributed by atoms with Gasteiger partial charge >= 0.3 is 24.3 Å². The number of para-hydroxylation sites is 1. The molecule has 0 unspecified atom stereocenters. The molecule has 0 fully saturated rings. The molecule has 0 aromatic heterocycles. The van der Waals surface area contributed by atoms with Gasteiger partial charge in [0.1, 0.15) is 6.29 Å². The summed E-state index contributed by atoms with van der Waals surface area (Å²) in [6, 6.07) is -9.65. The fourth-order valence-corrected chi connectivity index (χ4v) is 1.72. The van der Waals surface area contributed by atoms with Crippen molar-refractivity contribution in [2.45, 2.75) is 24.3 Å². The highest BCUT2D eigenvalue weighted by Gasteiger charge is 2.73. The van der Waals surface area contributed by atoms with E-state index < -0.39 is 40.5 Å². The predicted molar refractivity (Wildman–Crippen MR) is 68.2 cm³/mol. The van der Waals surface area contributed by atoms with Crippen LogP contribution in [0.5, 0.6) is 0 Å². The zero-order valence-electron chi connectivity index (χ0n) is 11.8. The van der Waals surface area contributed by atoms with Gasteiger partial charge in [0.15, 0.2) is 0 Å². The van der Waals surface area contributed by atoms with Gasteiger partial charge in [0.2, 0.25) is 0 Å². The molecule has 0 amide bonds. The van der Waals surface area contributed by atoms with E-state index in [1.165, 1.54) is 0 Å². The highest BCUT2D eigenvalue weighted by molar-refractivity contribution is 5.78. The van der Waals surface area contributed by atoms with Crippen molar-refractivity contribution in [1.29, 1.82) is 0 Å². The standard InChI is InChI=1S/C13H9F8NO3/c14-10(15,12(18,19)24)22(11(16,17)13(20,21)25)9-6-2-1-4-8(9)5-3-7-23/h1-7,24-25H. The zero-order valence-corrected chi connectivity index (χ0v) is 11.8. The minimum Gasteiger partial charge on any atom is -0.330 e. The molecule has 0 atom stereocenters. The summed E-state index contributed by atoms with van der Waals surface area (Å²) in [7, 11) is 0. The number of aldehydes is 1. The number of hydrogen-bond acceptors (Lipinski definition) is 4.